The maximum Gasteiger partial charge on any atom is 0.307 e. The summed E-state index contributed by atoms with van der Waals surface area (Å²) >= 11 is 0. The molecule has 0 saturated carbocycles. The molecule has 0 radical (unpaired) electrons. The van der Waals surface area contributed by atoms with Crippen LogP contribution < -0.4 is 11.1 Å². The minimum atomic E-state index is -0.377. The Morgan fingerprint density at radius 1 is 1.33 bits per heavy atom. The molecule has 2 rings (SSSR count). The molecule has 7 heteroatoms. The topological polar surface area (TPSA) is 99.2 Å². The predicted octanol–water partition coefficient (Wildman–Crippen LogP) is 0.747. The summed E-state index contributed by atoms with van der Waals surface area (Å²) in [5.74, 6) is -0.731. The number of aromatic nitrogens is 2. The third-order valence-electron chi connectivity index (χ3n) is 2.85. The van der Waals surface area contributed by atoms with Crippen LogP contribution in [-0.2, 0) is 9.53 Å². The molecule has 2 aromatic rings. The van der Waals surface area contributed by atoms with Gasteiger partial charge in [0.25, 0.3) is 5.91 Å². The van der Waals surface area contributed by atoms with Crippen molar-refractivity contribution in [1.82, 2.24) is 15.1 Å². The lowest BCUT2D eigenvalue weighted by atomic mass is 10.3. The molecule has 0 bridgehead atoms. The van der Waals surface area contributed by atoms with E-state index in [1.807, 2.05) is 12.1 Å². The molecule has 0 unspecified atom stereocenters. The second-order valence-electron chi connectivity index (χ2n) is 4.29. The lowest BCUT2D eigenvalue weighted by Crippen LogP contribution is -2.26. The van der Waals surface area contributed by atoms with Crippen molar-refractivity contribution in [1.29, 1.82) is 0 Å². The number of amides is 1. The van der Waals surface area contributed by atoms with E-state index in [4.69, 9.17) is 5.73 Å². The van der Waals surface area contributed by atoms with Crippen LogP contribution in [0.5, 0.6) is 0 Å². The average Bonchev–Trinajstić information content (AvgIpc) is 2.97. The molecule has 1 aromatic carbocycles. The molecular weight excluding hydrogens is 272 g/mol. The number of para-hydroxylation sites is 2. The number of esters is 1. The van der Waals surface area contributed by atoms with E-state index in [0.717, 1.165) is 0 Å². The Balaban J connectivity index is 2.01. The van der Waals surface area contributed by atoms with Gasteiger partial charge in [0, 0.05) is 12.7 Å². The third kappa shape index (κ3) is 3.59. The molecule has 0 saturated heterocycles. The fourth-order valence-corrected chi connectivity index (χ4v) is 1.75. The Hall–Kier alpha value is -2.83. The molecular formula is C14H16N4O3. The van der Waals surface area contributed by atoms with Gasteiger partial charge in [-0.15, -0.1) is 0 Å². The third-order valence-corrected chi connectivity index (χ3v) is 2.85. The number of ether oxygens (including phenoxy) is 1. The van der Waals surface area contributed by atoms with Crippen LogP contribution in [0.3, 0.4) is 0 Å². The van der Waals surface area contributed by atoms with Gasteiger partial charge in [0.05, 0.1) is 24.9 Å². The number of carbonyl (C=O) groups excluding carboxylic acids is 2. The zero-order valence-electron chi connectivity index (χ0n) is 11.6. The minimum absolute atomic E-state index is 0.120. The van der Waals surface area contributed by atoms with Crippen LogP contribution in [0.4, 0.5) is 5.69 Å². The van der Waals surface area contributed by atoms with Gasteiger partial charge < -0.3 is 15.8 Å². The van der Waals surface area contributed by atoms with E-state index in [1.165, 1.54) is 11.8 Å². The fraction of sp³-hybridized carbons (Fsp3) is 0.214. The lowest BCUT2D eigenvalue weighted by molar-refractivity contribution is -0.140. The number of anilines is 1. The molecule has 0 aliphatic rings. The smallest absolute Gasteiger partial charge is 0.307 e. The van der Waals surface area contributed by atoms with Crippen LogP contribution in [0, 0.1) is 0 Å². The molecule has 0 fully saturated rings. The highest BCUT2D eigenvalue weighted by molar-refractivity contribution is 5.92. The van der Waals surface area contributed by atoms with Gasteiger partial charge in [-0.05, 0) is 18.2 Å². The van der Waals surface area contributed by atoms with Crippen LogP contribution in [0.25, 0.3) is 5.69 Å². The van der Waals surface area contributed by atoms with Crippen molar-refractivity contribution in [3.05, 3.63) is 42.2 Å². The number of nitrogens with one attached hydrogen (secondary N) is 1. The number of nitrogen functional groups attached to an aromatic ring is 1. The summed E-state index contributed by atoms with van der Waals surface area (Å²) in [5, 5.41) is 6.76. The number of nitrogens with two attached hydrogens (primary N) is 1. The predicted molar refractivity (Wildman–Crippen MR) is 76.9 cm³/mol. The highest BCUT2D eigenvalue weighted by Crippen LogP contribution is 2.15. The van der Waals surface area contributed by atoms with E-state index >= 15 is 0 Å². The number of methoxy groups -OCH3 is 1. The van der Waals surface area contributed by atoms with Gasteiger partial charge in [-0.25, -0.2) is 4.68 Å². The minimum Gasteiger partial charge on any atom is -0.469 e. The summed E-state index contributed by atoms with van der Waals surface area (Å²) in [6, 6.07) is 8.81. The van der Waals surface area contributed by atoms with E-state index in [2.05, 4.69) is 15.2 Å². The number of benzene rings is 1. The molecule has 21 heavy (non-hydrogen) atoms. The number of rotatable bonds is 5. The first-order valence-corrected chi connectivity index (χ1v) is 6.37. The summed E-state index contributed by atoms with van der Waals surface area (Å²) in [4.78, 5) is 22.8. The lowest BCUT2D eigenvalue weighted by Gasteiger charge is -2.05. The van der Waals surface area contributed by atoms with Crippen molar-refractivity contribution in [3.63, 3.8) is 0 Å². The highest BCUT2D eigenvalue weighted by Gasteiger charge is 2.11. The number of hydrogen-bond donors (Lipinski definition) is 2. The van der Waals surface area contributed by atoms with Gasteiger partial charge in [0.1, 0.15) is 0 Å². The van der Waals surface area contributed by atoms with Gasteiger partial charge in [0.15, 0.2) is 5.69 Å². The zero-order valence-corrected chi connectivity index (χ0v) is 11.6. The molecule has 3 N–H and O–H groups in total. The first kappa shape index (κ1) is 14.6. The normalized spacial score (nSPS) is 10.1. The van der Waals surface area contributed by atoms with E-state index in [-0.39, 0.29) is 30.5 Å². The van der Waals surface area contributed by atoms with Gasteiger partial charge in [-0.1, -0.05) is 12.1 Å². The molecule has 1 heterocycles. The maximum atomic E-state index is 11.9. The van der Waals surface area contributed by atoms with Gasteiger partial charge >= 0.3 is 5.97 Å². The number of nitrogens with zero attached hydrogens (tertiary/aromatic N) is 2. The van der Waals surface area contributed by atoms with E-state index in [9.17, 15) is 9.59 Å². The number of hydrogen-bond acceptors (Lipinski definition) is 5. The summed E-state index contributed by atoms with van der Waals surface area (Å²) in [6.07, 6.45) is 1.77. The van der Waals surface area contributed by atoms with Crippen molar-refractivity contribution in [2.75, 3.05) is 19.4 Å². The van der Waals surface area contributed by atoms with Crippen molar-refractivity contribution < 1.29 is 14.3 Å². The van der Waals surface area contributed by atoms with E-state index < -0.39 is 0 Å². The fourth-order valence-electron chi connectivity index (χ4n) is 1.75. The second kappa shape index (κ2) is 6.56. The zero-order chi connectivity index (χ0) is 15.2. The van der Waals surface area contributed by atoms with Crippen LogP contribution in [-0.4, -0.2) is 35.3 Å². The molecule has 0 aliphatic carbocycles. The standard InChI is InChI=1S/C14H16N4O3/c1-21-13(19)6-8-16-14(20)11-7-9-18(17-11)12-5-3-2-4-10(12)15/h2-5,7,9H,6,8,15H2,1H3,(H,16,20). The van der Waals surface area contributed by atoms with E-state index in [1.54, 1.807) is 24.4 Å². The summed E-state index contributed by atoms with van der Waals surface area (Å²) in [5.41, 5.74) is 7.37. The van der Waals surface area contributed by atoms with Crippen LogP contribution in [0.2, 0.25) is 0 Å². The summed E-state index contributed by atoms with van der Waals surface area (Å²) in [7, 11) is 1.30. The quantitative estimate of drug-likeness (QED) is 0.624. The molecule has 0 aliphatic heterocycles. The van der Waals surface area contributed by atoms with Crippen LogP contribution >= 0.6 is 0 Å². The Kier molecular flexibility index (Phi) is 4.55. The molecule has 0 atom stereocenters. The highest BCUT2D eigenvalue weighted by atomic mass is 16.5. The van der Waals surface area contributed by atoms with Gasteiger partial charge in [0.2, 0.25) is 0 Å². The maximum absolute atomic E-state index is 11.9. The molecule has 110 valence electrons. The van der Waals surface area contributed by atoms with E-state index in [0.29, 0.717) is 11.4 Å². The van der Waals surface area contributed by atoms with Crippen molar-refractivity contribution in [2.24, 2.45) is 0 Å². The summed E-state index contributed by atoms with van der Waals surface area (Å²) in [6.45, 7) is 0.200. The van der Waals surface area contributed by atoms with Gasteiger partial charge in [-0.2, -0.15) is 5.10 Å². The van der Waals surface area contributed by atoms with Gasteiger partial charge in [-0.3, -0.25) is 9.59 Å². The Morgan fingerprint density at radius 2 is 2.10 bits per heavy atom. The largest absolute Gasteiger partial charge is 0.469 e. The van der Waals surface area contributed by atoms with Crippen molar-refractivity contribution >= 4 is 17.6 Å². The van der Waals surface area contributed by atoms with Crippen molar-refractivity contribution in [3.8, 4) is 5.69 Å². The molecule has 7 nitrogen and oxygen atoms in total. The molecule has 0 spiro atoms. The first-order chi connectivity index (χ1) is 10.1. The van der Waals surface area contributed by atoms with Crippen LogP contribution in [0.1, 0.15) is 16.9 Å². The average molecular weight is 288 g/mol. The molecule has 1 amide bonds. The molecule has 1 aromatic heterocycles. The van der Waals surface area contributed by atoms with Crippen molar-refractivity contribution in [2.45, 2.75) is 6.42 Å². The Bertz CT molecular complexity index is 651. The Morgan fingerprint density at radius 3 is 2.81 bits per heavy atom. The summed E-state index contributed by atoms with van der Waals surface area (Å²) < 4.78 is 6.02. The first-order valence-electron chi connectivity index (χ1n) is 6.37. The second-order valence-corrected chi connectivity index (χ2v) is 4.29. The SMILES string of the molecule is COC(=O)CCNC(=O)c1ccn(-c2ccccc2N)n1. The Labute approximate surface area is 121 Å². The monoisotopic (exact) mass is 288 g/mol. The number of carbonyl (C=O) groups is 2. The van der Waals surface area contributed by atoms with Crippen LogP contribution in [0.15, 0.2) is 36.5 Å².